The zero-order valence-corrected chi connectivity index (χ0v) is 15.6. The van der Waals surface area contributed by atoms with Crippen LogP contribution in [0.5, 0.6) is 0 Å². The molecule has 2 aromatic carbocycles. The lowest BCUT2D eigenvalue weighted by molar-refractivity contribution is 0.0985. The number of nitrogens with zero attached hydrogens (tertiary/aromatic N) is 3. The van der Waals surface area contributed by atoms with Crippen molar-refractivity contribution in [2.75, 3.05) is 16.8 Å². The largest absolute Gasteiger partial charge is 0.321 e. The minimum Gasteiger partial charge on any atom is -0.321 e. The highest BCUT2D eigenvalue weighted by atomic mass is 16.2. The Bertz CT molecular complexity index is 1130. The maximum atomic E-state index is 13.1. The first kappa shape index (κ1) is 18.4. The number of amides is 2. The van der Waals surface area contributed by atoms with E-state index in [1.807, 2.05) is 30.3 Å². The average Bonchev–Trinajstić information content (AvgIpc) is 2.78. The molecule has 0 radical (unpaired) electrons. The number of rotatable bonds is 3. The molecule has 6 heteroatoms. The first-order valence-corrected chi connectivity index (χ1v) is 9.33. The van der Waals surface area contributed by atoms with Gasteiger partial charge in [0.2, 0.25) is 0 Å². The molecule has 0 saturated heterocycles. The minimum absolute atomic E-state index is 0.142. The highest BCUT2D eigenvalue weighted by molar-refractivity contribution is 6.09. The molecule has 0 bridgehead atoms. The quantitative estimate of drug-likeness (QED) is 0.746. The summed E-state index contributed by atoms with van der Waals surface area (Å²) in [6.45, 7) is 0.640. The summed E-state index contributed by atoms with van der Waals surface area (Å²) in [5.41, 5.74) is 3.56. The fourth-order valence-corrected chi connectivity index (χ4v) is 3.45. The summed E-state index contributed by atoms with van der Waals surface area (Å²) in [5, 5.41) is 11.7. The number of hydrogen-bond donors (Lipinski definition) is 1. The highest BCUT2D eigenvalue weighted by Crippen LogP contribution is 2.28. The summed E-state index contributed by atoms with van der Waals surface area (Å²) in [4.78, 5) is 31.5. The van der Waals surface area contributed by atoms with Gasteiger partial charge in [-0.25, -0.2) is 0 Å². The van der Waals surface area contributed by atoms with Crippen LogP contribution in [0.15, 0.2) is 66.9 Å². The maximum Gasteiger partial charge on any atom is 0.274 e. The molecule has 2 amide bonds. The van der Waals surface area contributed by atoms with Gasteiger partial charge in [0.15, 0.2) is 0 Å². The molecule has 6 nitrogen and oxygen atoms in total. The molecular formula is C23H18N4O2. The van der Waals surface area contributed by atoms with E-state index < -0.39 is 5.91 Å². The average molecular weight is 382 g/mol. The summed E-state index contributed by atoms with van der Waals surface area (Å²) in [5.74, 6) is -0.589. The van der Waals surface area contributed by atoms with Crippen LogP contribution < -0.4 is 10.2 Å². The molecule has 0 aliphatic carbocycles. The molecule has 1 aromatic heterocycles. The Hall–Kier alpha value is -3.98. The minimum atomic E-state index is -0.436. The van der Waals surface area contributed by atoms with Crippen LogP contribution in [0.2, 0.25) is 0 Å². The number of nitrogens with one attached hydrogen (secondary N) is 1. The van der Waals surface area contributed by atoms with E-state index in [0.29, 0.717) is 23.4 Å². The number of fused-ring (bicyclic) bond motifs is 1. The van der Waals surface area contributed by atoms with Crippen molar-refractivity contribution < 1.29 is 9.59 Å². The first-order chi connectivity index (χ1) is 14.2. The lowest BCUT2D eigenvalue weighted by Gasteiger charge is -2.29. The normalized spacial score (nSPS) is 12.6. The summed E-state index contributed by atoms with van der Waals surface area (Å²) in [6.07, 6.45) is 3.31. The number of carbonyl (C=O) groups is 2. The summed E-state index contributed by atoms with van der Waals surface area (Å²) < 4.78 is 0. The Morgan fingerprint density at radius 3 is 2.79 bits per heavy atom. The zero-order chi connectivity index (χ0) is 20.2. The van der Waals surface area contributed by atoms with Gasteiger partial charge in [0.05, 0.1) is 11.6 Å². The number of anilines is 2. The predicted octanol–water partition coefficient (Wildman–Crippen LogP) is 3.80. The molecular weight excluding hydrogens is 364 g/mol. The third kappa shape index (κ3) is 3.85. The van der Waals surface area contributed by atoms with Crippen molar-refractivity contribution in [3.8, 4) is 6.07 Å². The molecule has 1 aliphatic rings. The third-order valence-corrected chi connectivity index (χ3v) is 4.84. The van der Waals surface area contributed by atoms with Crippen LogP contribution in [0, 0.1) is 11.3 Å². The standard InChI is InChI=1S/C23H18N4O2/c24-15-16-5-3-8-19(13-16)26-22(28)20-14-18(10-11-25-20)23(29)27-12-4-7-17-6-1-2-9-21(17)27/h1-3,5-6,8-11,13-14H,4,7,12H2,(H,26,28). The maximum absolute atomic E-state index is 13.1. The van der Waals surface area contributed by atoms with Crippen molar-refractivity contribution in [1.82, 2.24) is 4.98 Å². The number of carbonyl (C=O) groups excluding carboxylic acids is 2. The number of aryl methyl sites for hydroxylation is 1. The summed E-state index contributed by atoms with van der Waals surface area (Å²) >= 11 is 0. The lowest BCUT2D eigenvalue weighted by atomic mass is 10.0. The predicted molar refractivity (Wildman–Crippen MR) is 110 cm³/mol. The first-order valence-electron chi connectivity index (χ1n) is 9.33. The Morgan fingerprint density at radius 1 is 1.07 bits per heavy atom. The van der Waals surface area contributed by atoms with Crippen LogP contribution in [0.25, 0.3) is 0 Å². The van der Waals surface area contributed by atoms with E-state index in [2.05, 4.69) is 10.3 Å². The molecule has 1 aliphatic heterocycles. The van der Waals surface area contributed by atoms with Gasteiger partial charge in [0.1, 0.15) is 5.69 Å². The SMILES string of the molecule is N#Cc1cccc(NC(=O)c2cc(C(=O)N3CCCc4ccccc43)ccn2)c1. The fraction of sp³-hybridized carbons (Fsp3) is 0.130. The molecule has 3 aromatic rings. The number of pyridine rings is 1. The van der Waals surface area contributed by atoms with E-state index >= 15 is 0 Å². The van der Waals surface area contributed by atoms with Crippen LogP contribution in [-0.4, -0.2) is 23.3 Å². The highest BCUT2D eigenvalue weighted by Gasteiger charge is 2.24. The monoisotopic (exact) mass is 382 g/mol. The Kier molecular flexibility index (Phi) is 5.04. The Morgan fingerprint density at radius 2 is 1.93 bits per heavy atom. The van der Waals surface area contributed by atoms with Crippen molar-refractivity contribution in [2.24, 2.45) is 0 Å². The van der Waals surface area contributed by atoms with Crippen molar-refractivity contribution in [3.63, 3.8) is 0 Å². The van der Waals surface area contributed by atoms with Gasteiger partial charge < -0.3 is 10.2 Å². The second kappa shape index (κ2) is 7.95. The van der Waals surface area contributed by atoms with Gasteiger partial charge in [-0.1, -0.05) is 24.3 Å². The van der Waals surface area contributed by atoms with Crippen molar-refractivity contribution in [3.05, 3.63) is 89.2 Å². The van der Waals surface area contributed by atoms with Gasteiger partial charge in [-0.05, 0) is 54.8 Å². The van der Waals surface area contributed by atoms with Crippen LogP contribution in [-0.2, 0) is 6.42 Å². The van der Waals surface area contributed by atoms with E-state index in [4.69, 9.17) is 5.26 Å². The fourth-order valence-electron chi connectivity index (χ4n) is 3.45. The number of aromatic nitrogens is 1. The molecule has 0 saturated carbocycles. The van der Waals surface area contributed by atoms with E-state index in [0.717, 1.165) is 24.1 Å². The van der Waals surface area contributed by atoms with E-state index in [-0.39, 0.29) is 11.6 Å². The molecule has 0 spiro atoms. The summed E-state index contributed by atoms with van der Waals surface area (Å²) in [7, 11) is 0. The summed E-state index contributed by atoms with van der Waals surface area (Å²) in [6, 6.07) is 19.7. The van der Waals surface area contributed by atoms with Gasteiger partial charge >= 0.3 is 0 Å². The van der Waals surface area contributed by atoms with Crippen LogP contribution in [0.1, 0.15) is 38.4 Å². The smallest absolute Gasteiger partial charge is 0.274 e. The third-order valence-electron chi connectivity index (χ3n) is 4.84. The van der Waals surface area contributed by atoms with Crippen LogP contribution in [0.4, 0.5) is 11.4 Å². The van der Waals surface area contributed by atoms with Gasteiger partial charge in [0, 0.05) is 29.7 Å². The van der Waals surface area contributed by atoms with E-state index in [1.165, 1.54) is 12.3 Å². The number of hydrogen-bond acceptors (Lipinski definition) is 4. The van der Waals surface area contributed by atoms with Gasteiger partial charge in [-0.15, -0.1) is 0 Å². The lowest BCUT2D eigenvalue weighted by Crippen LogP contribution is -2.35. The molecule has 1 N–H and O–H groups in total. The topological polar surface area (TPSA) is 86.1 Å². The second-order valence-corrected chi connectivity index (χ2v) is 6.77. The molecule has 29 heavy (non-hydrogen) atoms. The zero-order valence-electron chi connectivity index (χ0n) is 15.6. The number of benzene rings is 2. The number of para-hydroxylation sites is 1. The van der Waals surface area contributed by atoms with E-state index in [9.17, 15) is 9.59 Å². The molecule has 0 unspecified atom stereocenters. The van der Waals surface area contributed by atoms with Crippen LogP contribution in [0.3, 0.4) is 0 Å². The molecule has 0 atom stereocenters. The van der Waals surface area contributed by atoms with E-state index in [1.54, 1.807) is 35.2 Å². The van der Waals surface area contributed by atoms with Gasteiger partial charge in [0.25, 0.3) is 11.8 Å². The van der Waals surface area contributed by atoms with Crippen molar-refractivity contribution >= 4 is 23.2 Å². The van der Waals surface area contributed by atoms with Crippen molar-refractivity contribution in [2.45, 2.75) is 12.8 Å². The Labute approximate surface area is 168 Å². The Balaban J connectivity index is 1.57. The molecule has 2 heterocycles. The molecule has 142 valence electrons. The molecule has 4 rings (SSSR count). The van der Waals surface area contributed by atoms with Gasteiger partial charge in [-0.2, -0.15) is 5.26 Å². The number of nitriles is 1. The second-order valence-electron chi connectivity index (χ2n) is 6.77. The van der Waals surface area contributed by atoms with Crippen LogP contribution >= 0.6 is 0 Å². The van der Waals surface area contributed by atoms with Gasteiger partial charge in [-0.3, -0.25) is 14.6 Å². The van der Waals surface area contributed by atoms with Crippen molar-refractivity contribution in [1.29, 1.82) is 5.26 Å². The molecule has 0 fully saturated rings.